The van der Waals surface area contributed by atoms with Crippen LogP contribution in [0.2, 0.25) is 0 Å². The van der Waals surface area contributed by atoms with Gasteiger partial charge in [-0.25, -0.2) is 0 Å². The van der Waals surface area contributed by atoms with Crippen molar-refractivity contribution in [3.63, 3.8) is 0 Å². The SMILES string of the molecule is O=C(/C=C/c1ccco1)N1CC(c2nc(-c3cccs3)no2)C1. The van der Waals surface area contributed by atoms with Crippen molar-refractivity contribution in [1.29, 1.82) is 0 Å². The summed E-state index contributed by atoms with van der Waals surface area (Å²) in [5, 5.41) is 5.97. The summed E-state index contributed by atoms with van der Waals surface area (Å²) in [4.78, 5) is 19.2. The van der Waals surface area contributed by atoms with Crippen molar-refractivity contribution in [2.24, 2.45) is 0 Å². The van der Waals surface area contributed by atoms with Gasteiger partial charge in [0, 0.05) is 19.2 Å². The molecule has 0 aliphatic carbocycles. The van der Waals surface area contributed by atoms with Crippen LogP contribution in [0.3, 0.4) is 0 Å². The van der Waals surface area contributed by atoms with Gasteiger partial charge in [-0.05, 0) is 29.7 Å². The molecule has 0 radical (unpaired) electrons. The number of amides is 1. The van der Waals surface area contributed by atoms with Gasteiger partial charge in [0.05, 0.1) is 17.1 Å². The molecule has 23 heavy (non-hydrogen) atoms. The van der Waals surface area contributed by atoms with Gasteiger partial charge in [0.25, 0.3) is 0 Å². The van der Waals surface area contributed by atoms with Gasteiger partial charge < -0.3 is 13.8 Å². The molecule has 4 rings (SSSR count). The van der Waals surface area contributed by atoms with E-state index in [4.69, 9.17) is 8.94 Å². The highest BCUT2D eigenvalue weighted by atomic mass is 32.1. The lowest BCUT2D eigenvalue weighted by molar-refractivity contribution is -0.130. The Kier molecular flexibility index (Phi) is 3.55. The number of rotatable bonds is 4. The predicted octanol–water partition coefficient (Wildman–Crippen LogP) is 3.03. The van der Waals surface area contributed by atoms with Crippen LogP contribution in [0.4, 0.5) is 0 Å². The molecule has 1 saturated heterocycles. The first-order chi connectivity index (χ1) is 11.3. The minimum atomic E-state index is -0.0457. The number of furan rings is 1. The van der Waals surface area contributed by atoms with Crippen LogP contribution < -0.4 is 0 Å². The fraction of sp³-hybridized carbons (Fsp3) is 0.188. The third-order valence-electron chi connectivity index (χ3n) is 3.66. The maximum atomic E-state index is 12.0. The van der Waals surface area contributed by atoms with E-state index in [1.807, 2.05) is 17.5 Å². The summed E-state index contributed by atoms with van der Waals surface area (Å²) in [6.45, 7) is 1.18. The second-order valence-electron chi connectivity index (χ2n) is 5.22. The minimum Gasteiger partial charge on any atom is -0.465 e. The topological polar surface area (TPSA) is 72.4 Å². The standard InChI is InChI=1S/C16H13N3O3S/c20-14(6-5-12-3-1-7-21-12)19-9-11(10-19)16-17-15(18-22-16)13-4-2-8-23-13/h1-8,11H,9-10H2/b6-5+. The number of carbonyl (C=O) groups is 1. The largest absolute Gasteiger partial charge is 0.465 e. The van der Waals surface area contributed by atoms with Crippen molar-refractivity contribution < 1.29 is 13.7 Å². The fourth-order valence-corrected chi connectivity index (χ4v) is 3.02. The Balaban J connectivity index is 1.35. The molecule has 3 aromatic heterocycles. The molecule has 1 aliphatic heterocycles. The fourth-order valence-electron chi connectivity index (χ4n) is 2.37. The van der Waals surface area contributed by atoms with Gasteiger partial charge in [-0.2, -0.15) is 4.98 Å². The van der Waals surface area contributed by atoms with Crippen LogP contribution in [0.25, 0.3) is 16.8 Å². The third-order valence-corrected chi connectivity index (χ3v) is 4.52. The van der Waals surface area contributed by atoms with Crippen molar-refractivity contribution in [3.05, 3.63) is 53.6 Å². The summed E-state index contributed by atoms with van der Waals surface area (Å²) in [6, 6.07) is 7.48. The van der Waals surface area contributed by atoms with Gasteiger partial charge in [0.2, 0.25) is 17.6 Å². The molecule has 0 spiro atoms. The lowest BCUT2D eigenvalue weighted by Gasteiger charge is -2.36. The molecule has 3 aromatic rings. The van der Waals surface area contributed by atoms with Crippen LogP contribution >= 0.6 is 11.3 Å². The number of hydrogen-bond donors (Lipinski definition) is 0. The van der Waals surface area contributed by atoms with Crippen molar-refractivity contribution in [3.8, 4) is 10.7 Å². The molecule has 4 heterocycles. The van der Waals surface area contributed by atoms with Gasteiger partial charge in [-0.1, -0.05) is 11.2 Å². The first-order valence-corrected chi connectivity index (χ1v) is 8.05. The zero-order valence-electron chi connectivity index (χ0n) is 12.1. The first-order valence-electron chi connectivity index (χ1n) is 7.17. The van der Waals surface area contributed by atoms with Crippen LogP contribution in [-0.4, -0.2) is 34.0 Å². The molecule has 1 aliphatic rings. The summed E-state index contributed by atoms with van der Waals surface area (Å²) < 4.78 is 10.5. The Labute approximate surface area is 136 Å². The Bertz CT molecular complexity index is 815. The van der Waals surface area contributed by atoms with E-state index in [0.717, 1.165) is 4.88 Å². The van der Waals surface area contributed by atoms with Gasteiger partial charge in [0.1, 0.15) is 5.76 Å². The van der Waals surface area contributed by atoms with Gasteiger partial charge in [-0.15, -0.1) is 11.3 Å². The van der Waals surface area contributed by atoms with E-state index in [1.165, 1.54) is 6.08 Å². The lowest BCUT2D eigenvalue weighted by Crippen LogP contribution is -2.47. The van der Waals surface area contributed by atoms with Crippen LogP contribution in [-0.2, 0) is 4.79 Å². The molecule has 1 amide bonds. The van der Waals surface area contributed by atoms with E-state index in [9.17, 15) is 4.79 Å². The second kappa shape index (κ2) is 5.85. The lowest BCUT2D eigenvalue weighted by atomic mass is 10.00. The molecule has 0 N–H and O–H groups in total. The van der Waals surface area contributed by atoms with Crippen LogP contribution in [0.5, 0.6) is 0 Å². The van der Waals surface area contributed by atoms with E-state index in [2.05, 4.69) is 10.1 Å². The highest BCUT2D eigenvalue weighted by Gasteiger charge is 2.34. The number of hydrogen-bond acceptors (Lipinski definition) is 6. The van der Waals surface area contributed by atoms with Crippen LogP contribution in [0.15, 0.2) is 50.9 Å². The molecule has 0 atom stereocenters. The van der Waals surface area contributed by atoms with Gasteiger partial charge in [-0.3, -0.25) is 4.79 Å². The van der Waals surface area contributed by atoms with E-state index in [-0.39, 0.29) is 11.8 Å². The Morgan fingerprint density at radius 1 is 1.35 bits per heavy atom. The average Bonchev–Trinajstić information content (AvgIpc) is 3.24. The molecule has 0 aromatic carbocycles. The highest BCUT2D eigenvalue weighted by molar-refractivity contribution is 7.13. The summed E-state index contributed by atoms with van der Waals surface area (Å²) >= 11 is 1.57. The van der Waals surface area contributed by atoms with Crippen molar-refractivity contribution in [1.82, 2.24) is 15.0 Å². The van der Waals surface area contributed by atoms with E-state index >= 15 is 0 Å². The highest BCUT2D eigenvalue weighted by Crippen LogP contribution is 2.29. The summed E-state index contributed by atoms with van der Waals surface area (Å²) in [5.41, 5.74) is 0. The molecular weight excluding hydrogens is 314 g/mol. The Morgan fingerprint density at radius 2 is 2.26 bits per heavy atom. The molecule has 0 saturated carbocycles. The Morgan fingerprint density at radius 3 is 3.00 bits per heavy atom. The van der Waals surface area contributed by atoms with Crippen molar-refractivity contribution in [2.75, 3.05) is 13.1 Å². The maximum Gasteiger partial charge on any atom is 0.246 e. The zero-order valence-corrected chi connectivity index (χ0v) is 12.9. The zero-order chi connectivity index (χ0) is 15.6. The quantitative estimate of drug-likeness (QED) is 0.689. The molecule has 6 nitrogen and oxygen atoms in total. The molecule has 116 valence electrons. The first kappa shape index (κ1) is 14.0. The normalized spacial score (nSPS) is 15.2. The molecular formula is C16H13N3O3S. The second-order valence-corrected chi connectivity index (χ2v) is 6.17. The van der Waals surface area contributed by atoms with Crippen LogP contribution in [0, 0.1) is 0 Å². The average molecular weight is 327 g/mol. The van der Waals surface area contributed by atoms with Gasteiger partial charge >= 0.3 is 0 Å². The molecule has 0 bridgehead atoms. The van der Waals surface area contributed by atoms with E-state index in [1.54, 1.807) is 40.7 Å². The third kappa shape index (κ3) is 2.83. The van der Waals surface area contributed by atoms with E-state index < -0.39 is 0 Å². The smallest absolute Gasteiger partial charge is 0.246 e. The monoisotopic (exact) mass is 327 g/mol. The minimum absolute atomic E-state index is 0.0457. The Hall–Kier alpha value is -2.67. The van der Waals surface area contributed by atoms with E-state index in [0.29, 0.717) is 30.6 Å². The van der Waals surface area contributed by atoms with Crippen LogP contribution in [0.1, 0.15) is 17.6 Å². The molecule has 7 heteroatoms. The number of carbonyl (C=O) groups excluding carboxylic acids is 1. The summed E-state index contributed by atoms with van der Waals surface area (Å²) in [6.07, 6.45) is 4.75. The molecule has 1 fully saturated rings. The summed E-state index contributed by atoms with van der Waals surface area (Å²) in [5.74, 6) is 1.92. The number of aromatic nitrogens is 2. The van der Waals surface area contributed by atoms with Crippen molar-refractivity contribution in [2.45, 2.75) is 5.92 Å². The van der Waals surface area contributed by atoms with Crippen molar-refractivity contribution >= 4 is 23.3 Å². The van der Waals surface area contributed by atoms with Gasteiger partial charge in [0.15, 0.2) is 0 Å². The summed E-state index contributed by atoms with van der Waals surface area (Å²) in [7, 11) is 0. The number of likely N-dealkylation sites (tertiary alicyclic amines) is 1. The number of thiophene rings is 1. The number of nitrogens with zero attached hydrogens (tertiary/aromatic N) is 3. The maximum absolute atomic E-state index is 12.0. The predicted molar refractivity (Wildman–Crippen MR) is 84.7 cm³/mol. The molecule has 0 unspecified atom stereocenters.